The molecule has 1 aliphatic rings. The fraction of sp³-hybridized carbons (Fsp3) is 0.250. The van der Waals surface area contributed by atoms with E-state index in [1.54, 1.807) is 26.7 Å². The first-order valence-corrected chi connectivity index (χ1v) is 11.8. The summed E-state index contributed by atoms with van der Waals surface area (Å²) in [5, 5.41) is 1.91. The molecule has 1 aromatic carbocycles. The smallest absolute Gasteiger partial charge is 0.251 e. The predicted molar refractivity (Wildman–Crippen MR) is 137 cm³/mol. The number of rotatable bonds is 4. The first-order chi connectivity index (χ1) is 15.9. The molecule has 1 atom stereocenters. The Morgan fingerprint density at radius 3 is 2.61 bits per heavy atom. The summed E-state index contributed by atoms with van der Waals surface area (Å²) in [6.07, 6.45) is 5.57. The van der Waals surface area contributed by atoms with Gasteiger partial charge in [-0.15, -0.1) is 0 Å². The lowest BCUT2D eigenvalue weighted by molar-refractivity contribution is 0.122. The minimum Gasteiger partial charge on any atom is -0.378 e. The van der Waals surface area contributed by atoms with E-state index >= 15 is 0 Å². The molecule has 1 saturated heterocycles. The monoisotopic (exact) mass is 500 g/mol. The minimum absolute atomic E-state index is 0.108. The molecule has 9 heteroatoms. The number of thiol groups is 1. The van der Waals surface area contributed by atoms with Crippen molar-refractivity contribution in [1.29, 1.82) is 0 Å². The maximum Gasteiger partial charge on any atom is 0.251 e. The zero-order chi connectivity index (χ0) is 23.1. The topological polar surface area (TPSA) is 52.3 Å². The third-order valence-corrected chi connectivity index (χ3v) is 7.13. The average molecular weight is 501 g/mol. The zero-order valence-corrected chi connectivity index (χ0v) is 20.3. The average Bonchev–Trinajstić information content (AvgIpc) is 3.16. The Balaban J connectivity index is 1.52. The lowest BCUT2D eigenvalue weighted by atomic mass is 10.1. The highest BCUT2D eigenvalue weighted by molar-refractivity contribution is 7.78. The fourth-order valence-electron chi connectivity index (χ4n) is 4.21. The third-order valence-electron chi connectivity index (χ3n) is 6.09. The SMILES string of the molecule is CC(c1ccc(Cl)c(Cl)c1)n1ccc(-c2cn(S)c3ncc(N4CCOCC4)cc23)cc1=O. The Hall–Kier alpha value is -2.45. The molecule has 0 N–H and O–H groups in total. The molecule has 0 bridgehead atoms. The third kappa shape index (κ3) is 4.26. The minimum atomic E-state index is -0.192. The number of pyridine rings is 2. The normalized spacial score (nSPS) is 15.2. The van der Waals surface area contributed by atoms with Crippen molar-refractivity contribution in [3.63, 3.8) is 0 Å². The van der Waals surface area contributed by atoms with Crippen molar-refractivity contribution < 1.29 is 4.74 Å². The van der Waals surface area contributed by atoms with Gasteiger partial charge in [0.15, 0.2) is 5.65 Å². The van der Waals surface area contributed by atoms with Crippen LogP contribution in [0.25, 0.3) is 22.2 Å². The lowest BCUT2D eigenvalue weighted by Crippen LogP contribution is -2.36. The second-order valence-corrected chi connectivity index (χ2v) is 9.31. The molecule has 0 amide bonds. The number of aromatic nitrogens is 3. The molecule has 5 rings (SSSR count). The molecule has 170 valence electrons. The Bertz CT molecular complexity index is 1400. The van der Waals surface area contributed by atoms with E-state index in [-0.39, 0.29) is 11.6 Å². The van der Waals surface area contributed by atoms with E-state index in [9.17, 15) is 4.79 Å². The quantitative estimate of drug-likeness (QED) is 0.385. The van der Waals surface area contributed by atoms with Crippen LogP contribution in [0, 0.1) is 0 Å². The summed E-state index contributed by atoms with van der Waals surface area (Å²) in [6, 6.07) is 10.9. The highest BCUT2D eigenvalue weighted by Crippen LogP contribution is 2.33. The molecule has 0 radical (unpaired) electrons. The number of halogens is 2. The van der Waals surface area contributed by atoms with Gasteiger partial charge in [-0.25, -0.2) is 4.98 Å². The summed E-state index contributed by atoms with van der Waals surface area (Å²) >= 11 is 16.8. The zero-order valence-electron chi connectivity index (χ0n) is 17.9. The maximum absolute atomic E-state index is 13.1. The van der Waals surface area contributed by atoms with Crippen LogP contribution in [0.1, 0.15) is 18.5 Å². The summed E-state index contributed by atoms with van der Waals surface area (Å²) in [6.45, 7) is 5.01. The summed E-state index contributed by atoms with van der Waals surface area (Å²) in [7, 11) is 0. The summed E-state index contributed by atoms with van der Waals surface area (Å²) in [5.41, 5.74) is 4.31. The Morgan fingerprint density at radius 1 is 1.09 bits per heavy atom. The van der Waals surface area contributed by atoms with E-state index in [1.807, 2.05) is 37.6 Å². The van der Waals surface area contributed by atoms with Gasteiger partial charge in [0.2, 0.25) is 0 Å². The number of fused-ring (bicyclic) bond motifs is 1. The Kier molecular flexibility index (Phi) is 6.14. The fourth-order valence-corrected chi connectivity index (χ4v) is 4.80. The van der Waals surface area contributed by atoms with Gasteiger partial charge in [-0.2, -0.15) is 0 Å². The van der Waals surface area contributed by atoms with Crippen LogP contribution in [-0.2, 0) is 4.74 Å². The van der Waals surface area contributed by atoms with E-state index in [1.165, 1.54) is 0 Å². The molecule has 0 spiro atoms. The predicted octanol–water partition coefficient (Wildman–Crippen LogP) is 5.31. The second kappa shape index (κ2) is 9.06. The highest BCUT2D eigenvalue weighted by Gasteiger charge is 2.17. The van der Waals surface area contributed by atoms with Crippen molar-refractivity contribution in [2.24, 2.45) is 0 Å². The van der Waals surface area contributed by atoms with E-state index in [0.29, 0.717) is 23.3 Å². The number of nitrogens with zero attached hydrogens (tertiary/aromatic N) is 4. The van der Waals surface area contributed by atoms with Gasteiger partial charge in [0.25, 0.3) is 5.56 Å². The van der Waals surface area contributed by atoms with Crippen LogP contribution >= 0.6 is 36.0 Å². The van der Waals surface area contributed by atoms with Crippen molar-refractivity contribution in [2.45, 2.75) is 13.0 Å². The summed E-state index contributed by atoms with van der Waals surface area (Å²) in [5.74, 6) is 0. The van der Waals surface area contributed by atoms with Crippen molar-refractivity contribution >= 4 is 52.7 Å². The van der Waals surface area contributed by atoms with Crippen molar-refractivity contribution in [3.05, 3.63) is 81.0 Å². The van der Waals surface area contributed by atoms with Gasteiger partial charge in [0, 0.05) is 42.5 Å². The number of hydrogen-bond donors (Lipinski definition) is 1. The van der Waals surface area contributed by atoms with Crippen molar-refractivity contribution in [1.82, 2.24) is 13.5 Å². The number of hydrogen-bond acceptors (Lipinski definition) is 5. The summed E-state index contributed by atoms with van der Waals surface area (Å²) in [4.78, 5) is 20.0. The molecule has 0 saturated carbocycles. The Labute approximate surface area is 206 Å². The number of morpholine rings is 1. The number of ether oxygens (including phenoxy) is 1. The Morgan fingerprint density at radius 2 is 1.88 bits per heavy atom. The molecule has 1 aliphatic heterocycles. The van der Waals surface area contributed by atoms with Gasteiger partial charge in [-0.05, 0) is 42.3 Å². The highest BCUT2D eigenvalue weighted by atomic mass is 35.5. The molecule has 33 heavy (non-hydrogen) atoms. The molecule has 1 unspecified atom stereocenters. The number of anilines is 1. The molecular weight excluding hydrogens is 479 g/mol. The van der Waals surface area contributed by atoms with Gasteiger partial charge >= 0.3 is 0 Å². The molecule has 4 aromatic rings. The van der Waals surface area contributed by atoms with Crippen LogP contribution in [0.2, 0.25) is 10.0 Å². The van der Waals surface area contributed by atoms with Crippen molar-refractivity contribution in [2.75, 3.05) is 31.2 Å². The summed E-state index contributed by atoms with van der Waals surface area (Å²) < 4.78 is 8.84. The van der Waals surface area contributed by atoms with E-state index in [4.69, 9.17) is 27.9 Å². The van der Waals surface area contributed by atoms with Crippen LogP contribution in [0.4, 0.5) is 5.69 Å². The van der Waals surface area contributed by atoms with E-state index in [2.05, 4.69) is 28.8 Å². The largest absolute Gasteiger partial charge is 0.378 e. The van der Waals surface area contributed by atoms with Crippen LogP contribution < -0.4 is 10.5 Å². The second-order valence-electron chi connectivity index (χ2n) is 8.06. The standard InChI is InChI=1S/C24H22Cl2N4O2S/c1-15(16-2-3-21(25)22(26)10-16)29-5-4-17(11-23(29)31)20-14-30(33)24-19(20)12-18(13-27-24)28-6-8-32-9-7-28/h2-5,10-15,33H,6-9H2,1H3. The maximum atomic E-state index is 13.1. The molecule has 0 aliphatic carbocycles. The van der Waals surface area contributed by atoms with E-state index in [0.717, 1.165) is 46.5 Å². The van der Waals surface area contributed by atoms with Crippen LogP contribution in [0.15, 0.2) is 59.8 Å². The van der Waals surface area contributed by atoms with Gasteiger partial charge < -0.3 is 14.2 Å². The molecule has 4 heterocycles. The van der Waals surface area contributed by atoms with Crippen LogP contribution in [0.3, 0.4) is 0 Å². The van der Waals surface area contributed by atoms with Crippen molar-refractivity contribution in [3.8, 4) is 11.1 Å². The lowest BCUT2D eigenvalue weighted by Gasteiger charge is -2.28. The van der Waals surface area contributed by atoms with Gasteiger partial charge in [0.05, 0.1) is 41.2 Å². The van der Waals surface area contributed by atoms with Gasteiger partial charge in [0.1, 0.15) is 0 Å². The van der Waals surface area contributed by atoms with E-state index < -0.39 is 0 Å². The first-order valence-electron chi connectivity index (χ1n) is 10.6. The van der Waals surface area contributed by atoms with Gasteiger partial charge in [-0.3, -0.25) is 8.77 Å². The molecule has 3 aromatic heterocycles. The van der Waals surface area contributed by atoms with Crippen LogP contribution in [0.5, 0.6) is 0 Å². The first kappa shape index (κ1) is 22.3. The number of benzene rings is 1. The van der Waals surface area contributed by atoms with Gasteiger partial charge in [-0.1, -0.05) is 42.1 Å². The molecular formula is C24H22Cl2N4O2S. The molecule has 1 fully saturated rings. The van der Waals surface area contributed by atoms with Crippen LogP contribution in [-0.4, -0.2) is 39.8 Å². The molecule has 6 nitrogen and oxygen atoms in total.